The van der Waals surface area contributed by atoms with Crippen molar-refractivity contribution in [3.05, 3.63) is 40.1 Å². The van der Waals surface area contributed by atoms with Gasteiger partial charge in [-0.3, -0.25) is 0 Å². The van der Waals surface area contributed by atoms with E-state index in [1.807, 2.05) is 12.4 Å². The van der Waals surface area contributed by atoms with E-state index in [9.17, 15) is 0 Å². The van der Waals surface area contributed by atoms with Crippen molar-refractivity contribution in [3.63, 3.8) is 0 Å². The highest BCUT2D eigenvalue weighted by Crippen LogP contribution is 2.10. The molecule has 2 N–H and O–H groups in total. The summed E-state index contributed by atoms with van der Waals surface area (Å²) in [7, 11) is 0. The van der Waals surface area contributed by atoms with Crippen LogP contribution in [0.4, 0.5) is 0 Å². The molecule has 2 aromatic rings. The lowest BCUT2D eigenvalue weighted by molar-refractivity contribution is 0.681. The first-order valence-electron chi connectivity index (χ1n) is 5.64. The predicted octanol–water partition coefficient (Wildman–Crippen LogP) is 2.37. The van der Waals surface area contributed by atoms with Crippen molar-refractivity contribution in [1.82, 2.24) is 15.3 Å². The van der Waals surface area contributed by atoms with Gasteiger partial charge in [0.2, 0.25) is 0 Å². The number of aromatic amines is 1. The van der Waals surface area contributed by atoms with Crippen molar-refractivity contribution >= 4 is 11.3 Å². The molecule has 0 fully saturated rings. The summed E-state index contributed by atoms with van der Waals surface area (Å²) in [6.07, 6.45) is 6.03. The largest absolute Gasteiger partial charge is 0.367 e. The monoisotopic (exact) mass is 235 g/mol. The highest BCUT2D eigenvalue weighted by Gasteiger charge is 1.99. The smallest absolute Gasteiger partial charge is 0.0925 e. The van der Waals surface area contributed by atoms with E-state index >= 15 is 0 Å². The van der Waals surface area contributed by atoms with Gasteiger partial charge in [-0.1, -0.05) is 6.92 Å². The van der Waals surface area contributed by atoms with E-state index in [0.29, 0.717) is 0 Å². The molecule has 0 spiro atoms. The fourth-order valence-electron chi connectivity index (χ4n) is 1.54. The Hall–Kier alpha value is -1.13. The SMILES string of the molecule is CCc1nc(CCNCc2cc[nH]c2)cs1. The second kappa shape index (κ2) is 5.82. The Balaban J connectivity index is 1.68. The Morgan fingerprint density at radius 1 is 1.50 bits per heavy atom. The lowest BCUT2D eigenvalue weighted by Crippen LogP contribution is -2.16. The second-order valence-electron chi connectivity index (χ2n) is 3.73. The van der Waals surface area contributed by atoms with Gasteiger partial charge in [-0.25, -0.2) is 4.98 Å². The van der Waals surface area contributed by atoms with Gasteiger partial charge in [-0.15, -0.1) is 11.3 Å². The summed E-state index contributed by atoms with van der Waals surface area (Å²) in [6, 6.07) is 2.09. The summed E-state index contributed by atoms with van der Waals surface area (Å²) in [6.45, 7) is 4.05. The van der Waals surface area contributed by atoms with Gasteiger partial charge in [0.1, 0.15) is 0 Å². The number of aromatic nitrogens is 2. The maximum atomic E-state index is 4.54. The van der Waals surface area contributed by atoms with E-state index in [0.717, 1.165) is 25.9 Å². The van der Waals surface area contributed by atoms with Crippen LogP contribution in [0, 0.1) is 0 Å². The Kier molecular flexibility index (Phi) is 4.13. The molecule has 0 saturated carbocycles. The molecular formula is C12H17N3S. The van der Waals surface area contributed by atoms with E-state index < -0.39 is 0 Å². The average molecular weight is 235 g/mol. The first kappa shape index (κ1) is 11.4. The minimum absolute atomic E-state index is 0.925. The van der Waals surface area contributed by atoms with Crippen LogP contribution < -0.4 is 5.32 Å². The Labute approximate surface area is 99.9 Å². The summed E-state index contributed by atoms with van der Waals surface area (Å²) in [5.41, 5.74) is 2.51. The van der Waals surface area contributed by atoms with Crippen LogP contribution in [0.25, 0.3) is 0 Å². The summed E-state index contributed by atoms with van der Waals surface area (Å²) >= 11 is 1.76. The van der Waals surface area contributed by atoms with Crippen LogP contribution in [-0.2, 0) is 19.4 Å². The molecule has 86 valence electrons. The normalized spacial score (nSPS) is 10.8. The van der Waals surface area contributed by atoms with Gasteiger partial charge in [0.05, 0.1) is 10.7 Å². The van der Waals surface area contributed by atoms with Crippen LogP contribution in [-0.4, -0.2) is 16.5 Å². The molecule has 0 amide bonds. The quantitative estimate of drug-likeness (QED) is 0.755. The lowest BCUT2D eigenvalue weighted by Gasteiger charge is -2.00. The Morgan fingerprint density at radius 2 is 2.44 bits per heavy atom. The lowest BCUT2D eigenvalue weighted by atomic mass is 10.3. The van der Waals surface area contributed by atoms with Crippen molar-refractivity contribution in [1.29, 1.82) is 0 Å². The molecule has 2 heterocycles. The Bertz CT molecular complexity index is 406. The number of thiazole rings is 1. The number of aryl methyl sites for hydroxylation is 1. The third-order valence-corrected chi connectivity index (χ3v) is 3.49. The van der Waals surface area contributed by atoms with E-state index in [4.69, 9.17) is 0 Å². The number of H-pyrrole nitrogens is 1. The topological polar surface area (TPSA) is 40.7 Å². The van der Waals surface area contributed by atoms with Crippen molar-refractivity contribution in [2.75, 3.05) is 6.54 Å². The zero-order chi connectivity index (χ0) is 11.2. The van der Waals surface area contributed by atoms with Crippen molar-refractivity contribution in [3.8, 4) is 0 Å². The molecule has 3 nitrogen and oxygen atoms in total. The fraction of sp³-hybridized carbons (Fsp3) is 0.417. The maximum Gasteiger partial charge on any atom is 0.0925 e. The second-order valence-corrected chi connectivity index (χ2v) is 4.67. The number of nitrogens with one attached hydrogen (secondary N) is 2. The zero-order valence-corrected chi connectivity index (χ0v) is 10.3. The molecule has 0 atom stereocenters. The van der Waals surface area contributed by atoms with Crippen molar-refractivity contribution < 1.29 is 0 Å². The van der Waals surface area contributed by atoms with Gasteiger partial charge in [-0.05, 0) is 18.1 Å². The fourth-order valence-corrected chi connectivity index (χ4v) is 2.32. The van der Waals surface area contributed by atoms with Gasteiger partial charge < -0.3 is 10.3 Å². The van der Waals surface area contributed by atoms with E-state index in [-0.39, 0.29) is 0 Å². The molecule has 0 aliphatic rings. The highest BCUT2D eigenvalue weighted by molar-refractivity contribution is 7.09. The molecule has 2 aromatic heterocycles. The summed E-state index contributed by atoms with van der Waals surface area (Å²) in [4.78, 5) is 7.58. The van der Waals surface area contributed by atoms with Gasteiger partial charge >= 0.3 is 0 Å². The van der Waals surface area contributed by atoms with Crippen molar-refractivity contribution in [2.45, 2.75) is 26.3 Å². The minimum atomic E-state index is 0.925. The number of hydrogen-bond acceptors (Lipinski definition) is 3. The van der Waals surface area contributed by atoms with Crippen LogP contribution in [0.2, 0.25) is 0 Å². The first-order valence-corrected chi connectivity index (χ1v) is 6.52. The third-order valence-electron chi connectivity index (χ3n) is 2.45. The molecule has 16 heavy (non-hydrogen) atoms. The first-order chi connectivity index (χ1) is 7.88. The molecule has 0 radical (unpaired) electrons. The minimum Gasteiger partial charge on any atom is -0.367 e. The number of rotatable bonds is 6. The number of hydrogen-bond donors (Lipinski definition) is 2. The van der Waals surface area contributed by atoms with Crippen LogP contribution in [0.1, 0.15) is 23.2 Å². The average Bonchev–Trinajstić information content (AvgIpc) is 2.95. The summed E-state index contributed by atoms with van der Waals surface area (Å²) in [5.74, 6) is 0. The Morgan fingerprint density at radius 3 is 3.12 bits per heavy atom. The molecule has 0 aromatic carbocycles. The number of nitrogens with zero attached hydrogens (tertiary/aromatic N) is 1. The van der Waals surface area contributed by atoms with E-state index in [1.54, 1.807) is 11.3 Å². The molecule has 0 aliphatic heterocycles. The highest BCUT2D eigenvalue weighted by atomic mass is 32.1. The molecule has 2 rings (SSSR count). The van der Waals surface area contributed by atoms with Crippen molar-refractivity contribution in [2.24, 2.45) is 0 Å². The zero-order valence-electron chi connectivity index (χ0n) is 9.49. The van der Waals surface area contributed by atoms with Gasteiger partial charge in [0.25, 0.3) is 0 Å². The summed E-state index contributed by atoms with van der Waals surface area (Å²) in [5, 5.41) is 6.81. The van der Waals surface area contributed by atoms with E-state index in [2.05, 4.69) is 33.7 Å². The standard InChI is InChI=1S/C12H17N3S/c1-2-12-15-11(9-16-12)4-6-14-8-10-3-5-13-7-10/h3,5,7,9,13-14H,2,4,6,8H2,1H3. The summed E-state index contributed by atoms with van der Waals surface area (Å²) < 4.78 is 0. The molecular weight excluding hydrogens is 218 g/mol. The molecule has 0 saturated heterocycles. The van der Waals surface area contributed by atoms with Gasteiger partial charge in [0, 0.05) is 37.3 Å². The van der Waals surface area contributed by atoms with Crippen LogP contribution in [0.5, 0.6) is 0 Å². The van der Waals surface area contributed by atoms with Crippen LogP contribution >= 0.6 is 11.3 Å². The molecule has 0 bridgehead atoms. The molecule has 0 unspecified atom stereocenters. The van der Waals surface area contributed by atoms with Crippen LogP contribution in [0.3, 0.4) is 0 Å². The van der Waals surface area contributed by atoms with E-state index in [1.165, 1.54) is 16.3 Å². The van der Waals surface area contributed by atoms with Crippen LogP contribution in [0.15, 0.2) is 23.8 Å². The third kappa shape index (κ3) is 3.18. The van der Waals surface area contributed by atoms with Gasteiger partial charge in [-0.2, -0.15) is 0 Å². The molecule has 4 heteroatoms. The van der Waals surface area contributed by atoms with Gasteiger partial charge in [0.15, 0.2) is 0 Å². The maximum absolute atomic E-state index is 4.54. The predicted molar refractivity (Wildman–Crippen MR) is 67.7 cm³/mol. The molecule has 0 aliphatic carbocycles.